The van der Waals surface area contributed by atoms with E-state index in [-0.39, 0.29) is 22.8 Å². The number of halogens is 2. The molecule has 0 amide bonds. The summed E-state index contributed by atoms with van der Waals surface area (Å²) in [4.78, 5) is 20.1. The van der Waals surface area contributed by atoms with Crippen LogP contribution in [0.5, 0.6) is 5.75 Å². The molecule has 0 aliphatic carbocycles. The standard InChI is InChI=1S/C14H13FIN3O3S/c1-6-4-5-7(8(15)10(6)22-2)12-17-9(14(20)21)11(23-3)13(18-12)19-16/h4-5H,1-3H3,(H,20,21)(H,17,18,19). The Balaban J connectivity index is 2.74. The normalized spacial score (nSPS) is 10.5. The first-order valence-corrected chi connectivity index (χ1v) is 8.64. The number of carbonyl (C=O) groups is 1. The Kier molecular flexibility index (Phi) is 5.63. The SMILES string of the molecule is COc1c(C)ccc(-c2nc(NI)c(SC)c(C(=O)O)n2)c1F. The van der Waals surface area contributed by atoms with Gasteiger partial charge in [-0.25, -0.2) is 19.2 Å². The molecule has 0 aliphatic rings. The number of aromatic nitrogens is 2. The molecule has 0 atom stereocenters. The van der Waals surface area contributed by atoms with Gasteiger partial charge in [0.2, 0.25) is 0 Å². The van der Waals surface area contributed by atoms with Crippen LogP contribution in [0.4, 0.5) is 10.2 Å². The maximum atomic E-state index is 14.6. The summed E-state index contributed by atoms with van der Waals surface area (Å²) < 4.78 is 22.4. The van der Waals surface area contributed by atoms with Crippen LogP contribution in [-0.4, -0.2) is 34.4 Å². The lowest BCUT2D eigenvalue weighted by Gasteiger charge is -2.13. The summed E-state index contributed by atoms with van der Waals surface area (Å²) in [5, 5.41) is 9.35. The molecular formula is C14H13FIN3O3S. The highest BCUT2D eigenvalue weighted by Crippen LogP contribution is 2.34. The predicted octanol–water partition coefficient (Wildman–Crippen LogP) is 3.78. The third-order valence-corrected chi connectivity index (χ3v) is 4.41. The number of nitrogens with one attached hydrogen (secondary N) is 1. The summed E-state index contributed by atoms with van der Waals surface area (Å²) in [7, 11) is 1.37. The molecule has 0 radical (unpaired) electrons. The maximum absolute atomic E-state index is 14.6. The number of anilines is 1. The Morgan fingerprint density at radius 1 is 1.43 bits per heavy atom. The number of rotatable bonds is 5. The average molecular weight is 449 g/mol. The van der Waals surface area contributed by atoms with Gasteiger partial charge in [-0.15, -0.1) is 11.8 Å². The van der Waals surface area contributed by atoms with E-state index < -0.39 is 11.8 Å². The van der Waals surface area contributed by atoms with E-state index in [1.54, 1.807) is 19.2 Å². The fraction of sp³-hybridized carbons (Fsp3) is 0.214. The molecule has 0 fully saturated rings. The van der Waals surface area contributed by atoms with Crippen molar-refractivity contribution in [2.45, 2.75) is 11.8 Å². The third kappa shape index (κ3) is 3.34. The van der Waals surface area contributed by atoms with Gasteiger partial charge in [0.1, 0.15) is 0 Å². The predicted molar refractivity (Wildman–Crippen MR) is 95.1 cm³/mol. The van der Waals surface area contributed by atoms with Gasteiger partial charge in [0.15, 0.2) is 28.9 Å². The van der Waals surface area contributed by atoms with Gasteiger partial charge in [-0.05, 0) is 24.8 Å². The number of hydrogen-bond donors (Lipinski definition) is 2. The summed E-state index contributed by atoms with van der Waals surface area (Å²) >= 11 is 3.04. The number of aryl methyl sites for hydroxylation is 1. The van der Waals surface area contributed by atoms with Gasteiger partial charge in [0, 0.05) is 0 Å². The van der Waals surface area contributed by atoms with Crippen LogP contribution in [0.3, 0.4) is 0 Å². The van der Waals surface area contributed by atoms with E-state index in [1.165, 1.54) is 24.9 Å². The molecule has 9 heteroatoms. The van der Waals surface area contributed by atoms with Crippen molar-refractivity contribution in [2.24, 2.45) is 0 Å². The molecule has 0 saturated carbocycles. The van der Waals surface area contributed by atoms with Crippen LogP contribution < -0.4 is 8.27 Å². The highest BCUT2D eigenvalue weighted by molar-refractivity contribution is 14.1. The molecule has 0 spiro atoms. The fourth-order valence-corrected chi connectivity index (χ4v) is 3.24. The van der Waals surface area contributed by atoms with Crippen LogP contribution in [0.2, 0.25) is 0 Å². The number of benzene rings is 1. The Bertz CT molecular complexity index is 773. The zero-order valence-electron chi connectivity index (χ0n) is 12.5. The number of carboxylic acid groups (broad SMARTS) is 1. The molecule has 2 N–H and O–H groups in total. The summed E-state index contributed by atoms with van der Waals surface area (Å²) in [6.07, 6.45) is 1.72. The number of thioether (sulfide) groups is 1. The first-order chi connectivity index (χ1) is 10.9. The quantitative estimate of drug-likeness (QED) is 0.408. The van der Waals surface area contributed by atoms with Crippen molar-refractivity contribution >= 4 is 46.4 Å². The average Bonchev–Trinajstić information content (AvgIpc) is 2.54. The van der Waals surface area contributed by atoms with E-state index in [1.807, 2.05) is 22.9 Å². The molecule has 23 heavy (non-hydrogen) atoms. The Morgan fingerprint density at radius 3 is 2.65 bits per heavy atom. The molecule has 1 aromatic carbocycles. The topological polar surface area (TPSA) is 84.3 Å². The second-order valence-electron chi connectivity index (χ2n) is 4.45. The zero-order valence-corrected chi connectivity index (χ0v) is 15.5. The lowest BCUT2D eigenvalue weighted by atomic mass is 10.1. The van der Waals surface area contributed by atoms with Crippen LogP contribution in [0, 0.1) is 12.7 Å². The monoisotopic (exact) mass is 449 g/mol. The largest absolute Gasteiger partial charge is 0.493 e. The minimum atomic E-state index is -1.20. The van der Waals surface area contributed by atoms with Gasteiger partial charge in [-0.3, -0.25) is 0 Å². The van der Waals surface area contributed by atoms with E-state index in [0.717, 1.165) is 0 Å². The molecule has 2 aromatic rings. The minimum Gasteiger partial charge on any atom is -0.493 e. The van der Waals surface area contributed by atoms with Crippen molar-refractivity contribution in [3.63, 3.8) is 0 Å². The van der Waals surface area contributed by atoms with E-state index >= 15 is 0 Å². The molecule has 1 heterocycles. The van der Waals surface area contributed by atoms with Crippen molar-refractivity contribution < 1.29 is 19.0 Å². The van der Waals surface area contributed by atoms with Crippen LogP contribution in [0.1, 0.15) is 16.1 Å². The Labute approximate surface area is 150 Å². The number of ether oxygens (including phenoxy) is 1. The highest BCUT2D eigenvalue weighted by Gasteiger charge is 2.22. The van der Waals surface area contributed by atoms with Crippen molar-refractivity contribution in [2.75, 3.05) is 16.9 Å². The summed E-state index contributed by atoms with van der Waals surface area (Å²) in [6, 6.07) is 3.17. The summed E-state index contributed by atoms with van der Waals surface area (Å²) in [6.45, 7) is 1.71. The fourth-order valence-electron chi connectivity index (χ4n) is 2.05. The summed E-state index contributed by atoms with van der Waals surface area (Å²) in [5.41, 5.74) is 0.524. The van der Waals surface area contributed by atoms with Gasteiger partial charge < -0.3 is 13.4 Å². The van der Waals surface area contributed by atoms with Crippen molar-refractivity contribution in [3.8, 4) is 17.1 Å². The van der Waals surface area contributed by atoms with E-state index in [9.17, 15) is 14.3 Å². The molecule has 122 valence electrons. The Hall–Kier alpha value is -1.62. The third-order valence-electron chi connectivity index (χ3n) is 3.10. The van der Waals surface area contributed by atoms with Crippen LogP contribution in [0.25, 0.3) is 11.4 Å². The van der Waals surface area contributed by atoms with E-state index in [4.69, 9.17) is 4.74 Å². The molecule has 2 rings (SSSR count). The van der Waals surface area contributed by atoms with Gasteiger partial charge >= 0.3 is 5.97 Å². The number of carboxylic acids is 1. The molecular weight excluding hydrogens is 436 g/mol. The van der Waals surface area contributed by atoms with E-state index in [0.29, 0.717) is 16.3 Å². The second-order valence-corrected chi connectivity index (χ2v) is 5.81. The van der Waals surface area contributed by atoms with Gasteiger partial charge in [0.25, 0.3) is 0 Å². The first kappa shape index (κ1) is 17.7. The molecule has 6 nitrogen and oxygen atoms in total. The highest BCUT2D eigenvalue weighted by atomic mass is 127. The molecule has 1 aromatic heterocycles. The lowest BCUT2D eigenvalue weighted by molar-refractivity contribution is 0.0686. The smallest absolute Gasteiger partial charge is 0.355 e. The minimum absolute atomic E-state index is 0.0184. The number of hydrogen-bond acceptors (Lipinski definition) is 6. The van der Waals surface area contributed by atoms with Crippen LogP contribution in [-0.2, 0) is 0 Å². The maximum Gasteiger partial charge on any atom is 0.355 e. The zero-order chi connectivity index (χ0) is 17.1. The molecule has 0 unspecified atom stereocenters. The molecule has 0 bridgehead atoms. The van der Waals surface area contributed by atoms with Gasteiger partial charge in [-0.2, -0.15) is 0 Å². The molecule has 0 aliphatic heterocycles. The number of methoxy groups -OCH3 is 1. The van der Waals surface area contributed by atoms with Crippen molar-refractivity contribution in [3.05, 3.63) is 29.2 Å². The lowest BCUT2D eigenvalue weighted by Crippen LogP contribution is -2.09. The van der Waals surface area contributed by atoms with Crippen LogP contribution in [0.15, 0.2) is 17.0 Å². The first-order valence-electron chi connectivity index (χ1n) is 6.34. The van der Waals surface area contributed by atoms with E-state index in [2.05, 4.69) is 13.5 Å². The molecule has 0 saturated heterocycles. The van der Waals surface area contributed by atoms with Crippen LogP contribution >= 0.6 is 34.6 Å². The van der Waals surface area contributed by atoms with Crippen molar-refractivity contribution in [1.82, 2.24) is 9.97 Å². The number of aromatic carboxylic acids is 1. The van der Waals surface area contributed by atoms with Gasteiger partial charge in [0.05, 0.1) is 40.4 Å². The summed E-state index contributed by atoms with van der Waals surface area (Å²) in [5.74, 6) is -1.44. The Morgan fingerprint density at radius 2 is 2.13 bits per heavy atom. The van der Waals surface area contributed by atoms with Gasteiger partial charge in [-0.1, -0.05) is 6.07 Å². The second kappa shape index (κ2) is 7.30. The number of nitrogens with zero attached hydrogens (tertiary/aromatic N) is 2. The van der Waals surface area contributed by atoms with Crippen molar-refractivity contribution in [1.29, 1.82) is 0 Å².